The van der Waals surface area contributed by atoms with Crippen molar-refractivity contribution in [1.29, 1.82) is 0 Å². The lowest BCUT2D eigenvalue weighted by atomic mass is 10.2. The van der Waals surface area contributed by atoms with Crippen LogP contribution in [-0.4, -0.2) is 12.5 Å². The summed E-state index contributed by atoms with van der Waals surface area (Å²) in [5, 5.41) is 2.96. The van der Waals surface area contributed by atoms with Gasteiger partial charge in [-0.25, -0.2) is 0 Å². The minimum Gasteiger partial charge on any atom is -0.494 e. The van der Waals surface area contributed by atoms with Crippen LogP contribution in [0.3, 0.4) is 0 Å². The van der Waals surface area contributed by atoms with Crippen molar-refractivity contribution in [2.45, 2.75) is 17.6 Å². The van der Waals surface area contributed by atoms with Gasteiger partial charge in [-0.05, 0) is 48.9 Å². The van der Waals surface area contributed by atoms with E-state index in [9.17, 15) is 4.79 Å². The number of nitrogens with one attached hydrogen (secondary N) is 1. The topological polar surface area (TPSA) is 38.3 Å². The second kappa shape index (κ2) is 9.11. The number of ether oxygens (including phenoxy) is 1. The molecule has 0 saturated carbocycles. The number of rotatable bonds is 7. The maximum Gasteiger partial charge on any atom is 0.256 e. The van der Waals surface area contributed by atoms with Crippen LogP contribution in [0.15, 0.2) is 83.8 Å². The molecule has 0 aliphatic heterocycles. The highest BCUT2D eigenvalue weighted by Crippen LogP contribution is 2.27. The van der Waals surface area contributed by atoms with Gasteiger partial charge in [0.15, 0.2) is 0 Å². The molecule has 3 nitrogen and oxygen atoms in total. The van der Waals surface area contributed by atoms with Crippen LogP contribution in [0.2, 0.25) is 0 Å². The van der Waals surface area contributed by atoms with Gasteiger partial charge < -0.3 is 10.1 Å². The van der Waals surface area contributed by atoms with Crippen LogP contribution in [0.4, 0.5) is 5.69 Å². The van der Waals surface area contributed by atoms with Crippen LogP contribution in [0.1, 0.15) is 22.8 Å². The van der Waals surface area contributed by atoms with Crippen LogP contribution in [0.25, 0.3) is 0 Å². The van der Waals surface area contributed by atoms with Gasteiger partial charge in [0, 0.05) is 16.3 Å². The van der Waals surface area contributed by atoms with E-state index in [1.807, 2.05) is 73.7 Å². The molecule has 0 saturated heterocycles. The average Bonchev–Trinajstić information content (AvgIpc) is 2.69. The largest absolute Gasteiger partial charge is 0.494 e. The predicted molar refractivity (Wildman–Crippen MR) is 108 cm³/mol. The Hall–Kier alpha value is -2.72. The quantitative estimate of drug-likeness (QED) is 0.553. The normalized spacial score (nSPS) is 10.3. The average molecular weight is 363 g/mol. The molecule has 0 aromatic heterocycles. The maximum atomic E-state index is 12.7. The van der Waals surface area contributed by atoms with Gasteiger partial charge in [0.05, 0.1) is 12.2 Å². The number of thioether (sulfide) groups is 1. The SMILES string of the molecule is CCOc1ccc(NC(=O)c2ccccc2SCc2ccccc2)cc1. The third-order valence-electron chi connectivity index (χ3n) is 3.79. The van der Waals surface area contributed by atoms with Crippen LogP contribution < -0.4 is 10.1 Å². The van der Waals surface area contributed by atoms with E-state index in [0.29, 0.717) is 12.2 Å². The molecule has 0 aliphatic rings. The van der Waals surface area contributed by atoms with Gasteiger partial charge in [-0.15, -0.1) is 11.8 Å². The summed E-state index contributed by atoms with van der Waals surface area (Å²) in [6.07, 6.45) is 0. The fourth-order valence-electron chi connectivity index (χ4n) is 2.52. The molecular formula is C22H21NO2S. The van der Waals surface area contributed by atoms with Crippen LogP contribution in [-0.2, 0) is 5.75 Å². The fraction of sp³-hybridized carbons (Fsp3) is 0.136. The molecule has 26 heavy (non-hydrogen) atoms. The molecule has 0 unspecified atom stereocenters. The Morgan fingerprint density at radius 2 is 1.62 bits per heavy atom. The van der Waals surface area contributed by atoms with E-state index in [1.54, 1.807) is 11.8 Å². The van der Waals surface area contributed by atoms with Crippen molar-refractivity contribution >= 4 is 23.4 Å². The number of hydrogen-bond acceptors (Lipinski definition) is 3. The van der Waals surface area contributed by atoms with Gasteiger partial charge in [-0.1, -0.05) is 42.5 Å². The van der Waals surface area contributed by atoms with Gasteiger partial charge in [-0.2, -0.15) is 0 Å². The van der Waals surface area contributed by atoms with Crippen molar-refractivity contribution in [3.8, 4) is 5.75 Å². The van der Waals surface area contributed by atoms with E-state index in [-0.39, 0.29) is 5.91 Å². The Morgan fingerprint density at radius 1 is 0.923 bits per heavy atom. The molecule has 3 aromatic carbocycles. The standard InChI is InChI=1S/C22H21NO2S/c1-2-25-19-14-12-18(13-15-19)23-22(24)20-10-6-7-11-21(20)26-16-17-8-4-3-5-9-17/h3-15H,2,16H2,1H3,(H,23,24). The van der Waals surface area contributed by atoms with E-state index < -0.39 is 0 Å². The molecule has 4 heteroatoms. The Labute approximate surface area is 158 Å². The lowest BCUT2D eigenvalue weighted by Crippen LogP contribution is -2.12. The summed E-state index contributed by atoms with van der Waals surface area (Å²) in [6, 6.07) is 25.4. The minimum absolute atomic E-state index is 0.106. The highest BCUT2D eigenvalue weighted by atomic mass is 32.2. The lowest BCUT2D eigenvalue weighted by Gasteiger charge is -2.11. The van der Waals surface area contributed by atoms with Gasteiger partial charge in [0.25, 0.3) is 5.91 Å². The first kappa shape index (κ1) is 18.1. The van der Waals surface area contributed by atoms with Crippen molar-refractivity contribution in [2.24, 2.45) is 0 Å². The minimum atomic E-state index is -0.106. The molecule has 0 bridgehead atoms. The van der Waals surface area contributed by atoms with E-state index in [0.717, 1.165) is 22.1 Å². The highest BCUT2D eigenvalue weighted by Gasteiger charge is 2.12. The van der Waals surface area contributed by atoms with Crippen molar-refractivity contribution < 1.29 is 9.53 Å². The first-order valence-electron chi connectivity index (χ1n) is 8.56. The van der Waals surface area contributed by atoms with Gasteiger partial charge in [0.1, 0.15) is 5.75 Å². The Balaban J connectivity index is 1.69. The number of amides is 1. The molecule has 0 radical (unpaired) electrons. The number of anilines is 1. The summed E-state index contributed by atoms with van der Waals surface area (Å²) in [5.74, 6) is 1.52. The molecular weight excluding hydrogens is 342 g/mol. The summed E-state index contributed by atoms with van der Waals surface area (Å²) in [7, 11) is 0. The zero-order valence-electron chi connectivity index (χ0n) is 14.6. The first-order valence-corrected chi connectivity index (χ1v) is 9.55. The summed E-state index contributed by atoms with van der Waals surface area (Å²) in [5.41, 5.74) is 2.67. The molecule has 1 N–H and O–H groups in total. The van der Waals surface area contributed by atoms with Crippen molar-refractivity contribution in [2.75, 3.05) is 11.9 Å². The molecule has 3 rings (SSSR count). The first-order chi connectivity index (χ1) is 12.8. The van der Waals surface area contributed by atoms with Crippen LogP contribution in [0.5, 0.6) is 5.75 Å². The molecule has 3 aromatic rings. The summed E-state index contributed by atoms with van der Waals surface area (Å²) < 4.78 is 5.43. The van der Waals surface area contributed by atoms with Crippen molar-refractivity contribution in [3.05, 3.63) is 90.0 Å². The monoisotopic (exact) mass is 363 g/mol. The van der Waals surface area contributed by atoms with Gasteiger partial charge in [0.2, 0.25) is 0 Å². The highest BCUT2D eigenvalue weighted by molar-refractivity contribution is 7.98. The molecule has 1 amide bonds. The summed E-state index contributed by atoms with van der Waals surface area (Å²) in [6.45, 7) is 2.57. The van der Waals surface area contributed by atoms with Gasteiger partial charge >= 0.3 is 0 Å². The number of benzene rings is 3. The lowest BCUT2D eigenvalue weighted by molar-refractivity contribution is 0.102. The third-order valence-corrected chi connectivity index (χ3v) is 4.94. The number of carbonyl (C=O) groups is 1. The van der Waals surface area contributed by atoms with Crippen molar-refractivity contribution in [1.82, 2.24) is 0 Å². The second-order valence-electron chi connectivity index (χ2n) is 5.68. The molecule has 0 fully saturated rings. The maximum absolute atomic E-state index is 12.7. The third kappa shape index (κ3) is 4.90. The molecule has 0 heterocycles. The van der Waals surface area contributed by atoms with E-state index >= 15 is 0 Å². The zero-order valence-corrected chi connectivity index (χ0v) is 15.5. The molecule has 0 spiro atoms. The summed E-state index contributed by atoms with van der Waals surface area (Å²) in [4.78, 5) is 13.7. The van der Waals surface area contributed by atoms with E-state index in [2.05, 4.69) is 17.4 Å². The summed E-state index contributed by atoms with van der Waals surface area (Å²) >= 11 is 1.67. The predicted octanol–water partition coefficient (Wildman–Crippen LogP) is 5.63. The molecule has 0 atom stereocenters. The van der Waals surface area contributed by atoms with Gasteiger partial charge in [-0.3, -0.25) is 4.79 Å². The number of carbonyl (C=O) groups excluding carboxylic acids is 1. The Kier molecular flexibility index (Phi) is 6.34. The van der Waals surface area contributed by atoms with E-state index in [1.165, 1.54) is 5.56 Å². The zero-order chi connectivity index (χ0) is 18.2. The fourth-order valence-corrected chi connectivity index (χ4v) is 3.52. The van der Waals surface area contributed by atoms with E-state index in [4.69, 9.17) is 4.74 Å². The van der Waals surface area contributed by atoms with Crippen LogP contribution >= 0.6 is 11.8 Å². The Bertz CT molecular complexity index is 848. The number of hydrogen-bond donors (Lipinski definition) is 1. The smallest absolute Gasteiger partial charge is 0.256 e. The molecule has 0 aliphatic carbocycles. The Morgan fingerprint density at radius 3 is 2.35 bits per heavy atom. The van der Waals surface area contributed by atoms with Crippen molar-refractivity contribution in [3.63, 3.8) is 0 Å². The second-order valence-corrected chi connectivity index (χ2v) is 6.70. The molecule has 132 valence electrons. The van der Waals surface area contributed by atoms with Crippen LogP contribution in [0, 0.1) is 0 Å².